The van der Waals surface area contributed by atoms with Crippen LogP contribution in [0.3, 0.4) is 0 Å². The van der Waals surface area contributed by atoms with Gasteiger partial charge in [-0.2, -0.15) is 0 Å². The highest BCUT2D eigenvalue weighted by Crippen LogP contribution is 2.50. The van der Waals surface area contributed by atoms with Gasteiger partial charge in [0.05, 0.1) is 6.04 Å². The van der Waals surface area contributed by atoms with Crippen molar-refractivity contribution in [2.75, 3.05) is 6.54 Å². The summed E-state index contributed by atoms with van der Waals surface area (Å²) in [6.07, 6.45) is 5.85. The van der Waals surface area contributed by atoms with Crippen LogP contribution in [0.4, 0.5) is 0 Å². The minimum atomic E-state index is -0.685. The van der Waals surface area contributed by atoms with E-state index in [-0.39, 0.29) is 41.1 Å². The van der Waals surface area contributed by atoms with Crippen LogP contribution in [0.15, 0.2) is 47.5 Å². The van der Waals surface area contributed by atoms with Crippen molar-refractivity contribution < 1.29 is 19.1 Å². The predicted molar refractivity (Wildman–Crippen MR) is 199 cm³/mol. The molecule has 1 aliphatic heterocycles. The van der Waals surface area contributed by atoms with E-state index in [0.29, 0.717) is 45.8 Å². The van der Waals surface area contributed by atoms with Gasteiger partial charge < -0.3 is 15.0 Å². The molecule has 0 unspecified atom stereocenters. The smallest absolute Gasteiger partial charge is 0.306 e. The first kappa shape index (κ1) is 38.9. The summed E-state index contributed by atoms with van der Waals surface area (Å²) in [6, 6.07) is 12.5. The van der Waals surface area contributed by atoms with Gasteiger partial charge in [-0.05, 0) is 118 Å². The van der Waals surface area contributed by atoms with Crippen LogP contribution in [-0.4, -0.2) is 46.2 Å². The summed E-state index contributed by atoms with van der Waals surface area (Å²) >= 11 is 12.8. The fourth-order valence-electron chi connectivity index (χ4n) is 7.02. The van der Waals surface area contributed by atoms with Crippen LogP contribution in [0.1, 0.15) is 141 Å². The summed E-state index contributed by atoms with van der Waals surface area (Å²) in [6.45, 7) is 19.4. The second kappa shape index (κ2) is 15.1. The lowest BCUT2D eigenvalue weighted by Crippen LogP contribution is -2.51. The van der Waals surface area contributed by atoms with Crippen LogP contribution in [0, 0.1) is 16.7 Å². The van der Waals surface area contributed by atoms with Gasteiger partial charge in [0.2, 0.25) is 0 Å². The molecule has 0 saturated heterocycles. The number of amides is 2. The summed E-state index contributed by atoms with van der Waals surface area (Å²) in [4.78, 5) is 47.1. The summed E-state index contributed by atoms with van der Waals surface area (Å²) in [5, 5.41) is 3.84. The van der Waals surface area contributed by atoms with Crippen molar-refractivity contribution in [1.82, 2.24) is 10.2 Å². The Kier molecular flexibility index (Phi) is 12.0. The van der Waals surface area contributed by atoms with E-state index in [1.54, 1.807) is 18.2 Å². The Morgan fingerprint density at radius 3 is 2.08 bits per heavy atom. The standard InChI is InChI=1S/C40H55Cl2N3O4/c1-37(2,3)19-18-32(26-12-14-27(15-13-26)35(47)43-22-10-11-33(46)49-39(7,8)9)45-36(48)34(28-23-30(41)25-31(42)24-28)44-40(45)20-16-29(17-21-40)38(4,5)6/h12-15,23-25,29,32H,10-11,16-22H2,1-9H3,(H,43,47)/t29?,32-,40?/m1/s1. The Bertz CT molecular complexity index is 1520. The molecule has 0 aromatic heterocycles. The van der Waals surface area contributed by atoms with Crippen LogP contribution in [0.5, 0.6) is 0 Å². The monoisotopic (exact) mass is 711 g/mol. The first-order chi connectivity index (χ1) is 22.7. The number of carbonyl (C=O) groups excluding carboxylic acids is 3. The first-order valence-corrected chi connectivity index (χ1v) is 18.4. The average molecular weight is 713 g/mol. The Labute approximate surface area is 303 Å². The van der Waals surface area contributed by atoms with Crippen molar-refractivity contribution in [2.45, 2.75) is 131 Å². The highest BCUT2D eigenvalue weighted by molar-refractivity contribution is 6.47. The highest BCUT2D eigenvalue weighted by atomic mass is 35.5. The number of rotatable bonds is 10. The van der Waals surface area contributed by atoms with Crippen molar-refractivity contribution in [3.63, 3.8) is 0 Å². The number of ether oxygens (including phenoxy) is 1. The van der Waals surface area contributed by atoms with Gasteiger partial charge in [0.15, 0.2) is 0 Å². The summed E-state index contributed by atoms with van der Waals surface area (Å²) in [5.41, 5.74) is 1.52. The van der Waals surface area contributed by atoms with Crippen molar-refractivity contribution in [3.05, 3.63) is 69.2 Å². The average Bonchev–Trinajstić information content (AvgIpc) is 3.24. The number of nitrogens with one attached hydrogen (secondary N) is 1. The summed E-state index contributed by atoms with van der Waals surface area (Å²) < 4.78 is 5.36. The van der Waals surface area contributed by atoms with Gasteiger partial charge in [-0.25, -0.2) is 0 Å². The maximum atomic E-state index is 14.7. The molecule has 4 rings (SSSR count). The lowest BCUT2D eigenvalue weighted by atomic mass is 9.69. The third-order valence-corrected chi connectivity index (χ3v) is 10.1. The number of benzene rings is 2. The Morgan fingerprint density at radius 2 is 1.55 bits per heavy atom. The molecule has 268 valence electrons. The number of aliphatic imine (C=N–C) groups is 1. The number of hydrogen-bond donors (Lipinski definition) is 1. The molecular weight excluding hydrogens is 657 g/mol. The van der Waals surface area contributed by atoms with Crippen LogP contribution in [0.25, 0.3) is 0 Å². The number of carbonyl (C=O) groups is 3. The molecule has 1 saturated carbocycles. The fraction of sp³-hybridized carbons (Fsp3) is 0.600. The number of hydrogen-bond acceptors (Lipinski definition) is 5. The Balaban J connectivity index is 1.62. The molecule has 9 heteroatoms. The van der Waals surface area contributed by atoms with Gasteiger partial charge in [0.25, 0.3) is 11.8 Å². The number of esters is 1. The van der Waals surface area contributed by atoms with E-state index in [2.05, 4.69) is 46.9 Å². The predicted octanol–water partition coefficient (Wildman–Crippen LogP) is 9.98. The van der Waals surface area contributed by atoms with Gasteiger partial charge in [0.1, 0.15) is 17.0 Å². The molecule has 1 atom stereocenters. The maximum Gasteiger partial charge on any atom is 0.306 e. The van der Waals surface area contributed by atoms with E-state index in [0.717, 1.165) is 44.1 Å². The Morgan fingerprint density at radius 1 is 0.959 bits per heavy atom. The normalized spacial score (nSPS) is 20.7. The van der Waals surface area contributed by atoms with E-state index in [1.165, 1.54) is 0 Å². The molecule has 1 fully saturated rings. The molecule has 1 aliphatic carbocycles. The molecule has 2 aromatic carbocycles. The van der Waals surface area contributed by atoms with Crippen molar-refractivity contribution in [1.29, 1.82) is 0 Å². The highest BCUT2D eigenvalue weighted by Gasteiger charge is 2.52. The van der Waals surface area contributed by atoms with Crippen molar-refractivity contribution >= 4 is 46.7 Å². The summed E-state index contributed by atoms with van der Waals surface area (Å²) in [7, 11) is 0. The minimum absolute atomic E-state index is 0.0430. The largest absolute Gasteiger partial charge is 0.460 e. The zero-order valence-corrected chi connectivity index (χ0v) is 32.4. The molecule has 49 heavy (non-hydrogen) atoms. The molecule has 0 bridgehead atoms. The molecule has 1 spiro atoms. The molecule has 2 amide bonds. The van der Waals surface area contributed by atoms with Crippen molar-refractivity contribution in [3.8, 4) is 0 Å². The van der Waals surface area contributed by atoms with E-state index in [4.69, 9.17) is 32.9 Å². The number of halogens is 2. The van der Waals surface area contributed by atoms with Crippen LogP contribution >= 0.6 is 23.2 Å². The van der Waals surface area contributed by atoms with E-state index in [1.807, 2.05) is 49.9 Å². The molecule has 1 heterocycles. The third kappa shape index (κ3) is 10.3. The lowest BCUT2D eigenvalue weighted by Gasteiger charge is -2.47. The topological polar surface area (TPSA) is 88.1 Å². The van der Waals surface area contributed by atoms with E-state index >= 15 is 0 Å². The van der Waals surface area contributed by atoms with Crippen molar-refractivity contribution in [2.24, 2.45) is 21.7 Å². The second-order valence-corrected chi connectivity index (χ2v) is 18.0. The van der Waals surface area contributed by atoms with Gasteiger partial charge in [0, 0.05) is 34.1 Å². The van der Waals surface area contributed by atoms with Crippen LogP contribution < -0.4 is 5.32 Å². The van der Waals surface area contributed by atoms with Gasteiger partial charge in [-0.3, -0.25) is 19.4 Å². The van der Waals surface area contributed by atoms with E-state index in [9.17, 15) is 14.4 Å². The zero-order valence-electron chi connectivity index (χ0n) is 30.8. The van der Waals surface area contributed by atoms with Crippen LogP contribution in [0.2, 0.25) is 10.0 Å². The maximum absolute atomic E-state index is 14.7. The molecule has 1 N–H and O–H groups in total. The quantitative estimate of drug-likeness (QED) is 0.196. The summed E-state index contributed by atoms with van der Waals surface area (Å²) in [5.74, 6) is -0.0677. The van der Waals surface area contributed by atoms with E-state index < -0.39 is 11.3 Å². The minimum Gasteiger partial charge on any atom is -0.460 e. The SMILES string of the molecule is CC(C)(C)CC[C@H](c1ccc(C(=O)NCCCC(=O)OC(C)(C)C)cc1)N1C(=O)C(c2cc(Cl)cc(Cl)c2)=NC12CCC(C(C)(C)C)CC2. The molecule has 2 aliphatic rings. The molecular formula is C40H55Cl2N3O4. The molecule has 7 nitrogen and oxygen atoms in total. The van der Waals surface area contributed by atoms with Gasteiger partial charge in [-0.15, -0.1) is 0 Å². The van der Waals surface area contributed by atoms with Crippen LogP contribution in [-0.2, 0) is 14.3 Å². The number of nitrogens with zero attached hydrogens (tertiary/aromatic N) is 2. The zero-order chi connectivity index (χ0) is 36.4. The fourth-order valence-corrected chi connectivity index (χ4v) is 7.55. The van der Waals surface area contributed by atoms with Gasteiger partial charge >= 0.3 is 5.97 Å². The second-order valence-electron chi connectivity index (χ2n) is 17.1. The lowest BCUT2D eigenvalue weighted by molar-refractivity contribution is -0.154. The molecule has 2 aromatic rings. The molecule has 0 radical (unpaired) electrons. The Hall–Kier alpha value is -2.90. The first-order valence-electron chi connectivity index (χ1n) is 17.7. The van der Waals surface area contributed by atoms with Gasteiger partial charge in [-0.1, -0.05) is 76.9 Å². The third-order valence-electron chi connectivity index (χ3n) is 9.64.